The molecule has 2 heteroatoms. The van der Waals surface area contributed by atoms with Crippen molar-refractivity contribution in [3.05, 3.63) is 114 Å². The van der Waals surface area contributed by atoms with E-state index < -0.39 is 7.14 Å². The normalized spacial score (nSPS) is 14.0. The predicted molar refractivity (Wildman–Crippen MR) is 105 cm³/mol. The highest BCUT2D eigenvalue weighted by molar-refractivity contribution is 7.77. The maximum Gasteiger partial charge on any atom is 0.157 e. The number of hydrogen-bond donors (Lipinski definition) is 0. The molecule has 0 aromatic heterocycles. The third kappa shape index (κ3) is 4.22. The van der Waals surface area contributed by atoms with Crippen LogP contribution in [0.2, 0.25) is 0 Å². The van der Waals surface area contributed by atoms with E-state index >= 15 is 0 Å². The molecule has 0 aliphatic carbocycles. The Kier molecular flexibility index (Phi) is 5.25. The largest absolute Gasteiger partial charge is 0.310 e. The van der Waals surface area contributed by atoms with E-state index in [9.17, 15) is 4.57 Å². The monoisotopic (exact) mass is 330 g/mol. The zero-order valence-corrected chi connectivity index (χ0v) is 14.2. The molecule has 118 valence electrons. The van der Waals surface area contributed by atoms with Crippen LogP contribution >= 0.6 is 7.14 Å². The van der Waals surface area contributed by atoms with Gasteiger partial charge in [-0.1, -0.05) is 103 Å². The molecule has 3 aromatic carbocycles. The Bertz CT molecular complexity index is 812. The Labute approximate surface area is 143 Å². The van der Waals surface area contributed by atoms with Crippen LogP contribution in [0.1, 0.15) is 11.1 Å². The standard InChI is InChI=1S/C22H19OP/c23-24(22-14-8-3-9-15-22,18-16-20-10-4-1-5-11-20)19-17-21-12-6-2-7-13-21/h1-19H. The van der Waals surface area contributed by atoms with Gasteiger partial charge in [0.2, 0.25) is 0 Å². The summed E-state index contributed by atoms with van der Waals surface area (Å²) in [7, 11) is -2.76. The van der Waals surface area contributed by atoms with Gasteiger partial charge in [0.25, 0.3) is 0 Å². The molecule has 0 saturated heterocycles. The lowest BCUT2D eigenvalue weighted by atomic mass is 10.2. The number of hydrogen-bond acceptors (Lipinski definition) is 1. The Morgan fingerprint density at radius 1 is 0.542 bits per heavy atom. The lowest BCUT2D eigenvalue weighted by Gasteiger charge is -2.10. The van der Waals surface area contributed by atoms with Crippen LogP contribution in [0.25, 0.3) is 12.2 Å². The van der Waals surface area contributed by atoms with Crippen LogP contribution in [0.4, 0.5) is 0 Å². The predicted octanol–water partition coefficient (Wildman–Crippen LogP) is 6.02. The van der Waals surface area contributed by atoms with Gasteiger partial charge in [0.1, 0.15) is 0 Å². The van der Waals surface area contributed by atoms with Gasteiger partial charge >= 0.3 is 0 Å². The van der Waals surface area contributed by atoms with Crippen molar-refractivity contribution in [2.75, 3.05) is 0 Å². The molecule has 0 amide bonds. The fraction of sp³-hybridized carbons (Fsp3) is 0. The SMILES string of the molecule is O=P(C=Cc1ccccc1)(C=Cc1ccccc1)c1ccccc1. The Morgan fingerprint density at radius 3 is 1.33 bits per heavy atom. The van der Waals surface area contributed by atoms with Crippen LogP contribution in [0.3, 0.4) is 0 Å². The van der Waals surface area contributed by atoms with Gasteiger partial charge in [-0.25, -0.2) is 0 Å². The van der Waals surface area contributed by atoms with E-state index in [0.29, 0.717) is 0 Å². The lowest BCUT2D eigenvalue weighted by Crippen LogP contribution is -1.99. The van der Waals surface area contributed by atoms with Crippen LogP contribution < -0.4 is 5.30 Å². The molecule has 0 unspecified atom stereocenters. The van der Waals surface area contributed by atoms with Gasteiger partial charge in [-0.2, -0.15) is 0 Å². The number of benzene rings is 3. The Hall–Kier alpha value is -2.63. The Morgan fingerprint density at radius 2 is 0.917 bits per heavy atom. The smallest absolute Gasteiger partial charge is 0.157 e. The van der Waals surface area contributed by atoms with Crippen molar-refractivity contribution < 1.29 is 4.57 Å². The summed E-state index contributed by atoms with van der Waals surface area (Å²) in [6, 6.07) is 29.5. The van der Waals surface area contributed by atoms with E-state index in [-0.39, 0.29) is 0 Å². The second-order valence-electron chi connectivity index (χ2n) is 5.50. The highest BCUT2D eigenvalue weighted by Gasteiger charge is 2.17. The van der Waals surface area contributed by atoms with Gasteiger partial charge in [0, 0.05) is 5.30 Å². The molecular formula is C22H19OP. The van der Waals surface area contributed by atoms with E-state index in [4.69, 9.17) is 0 Å². The van der Waals surface area contributed by atoms with Crippen molar-refractivity contribution in [3.63, 3.8) is 0 Å². The molecule has 3 rings (SSSR count). The van der Waals surface area contributed by atoms with E-state index in [1.165, 1.54) is 0 Å². The summed E-state index contributed by atoms with van der Waals surface area (Å²) in [6.45, 7) is 0. The van der Waals surface area contributed by atoms with E-state index in [1.807, 2.05) is 115 Å². The topological polar surface area (TPSA) is 17.1 Å². The average molecular weight is 330 g/mol. The summed E-state index contributed by atoms with van der Waals surface area (Å²) in [6.07, 6.45) is 3.87. The van der Waals surface area contributed by atoms with Crippen molar-refractivity contribution in [3.8, 4) is 0 Å². The van der Waals surface area contributed by atoms with E-state index in [0.717, 1.165) is 16.4 Å². The first-order chi connectivity index (χ1) is 11.8. The first kappa shape index (κ1) is 16.2. The van der Waals surface area contributed by atoms with E-state index in [1.54, 1.807) is 0 Å². The summed E-state index contributed by atoms with van der Waals surface area (Å²) in [5.41, 5.74) is 2.09. The average Bonchev–Trinajstić information content (AvgIpc) is 2.67. The van der Waals surface area contributed by atoms with Gasteiger partial charge < -0.3 is 4.57 Å². The molecule has 0 aliphatic heterocycles. The fourth-order valence-electron chi connectivity index (χ4n) is 2.40. The molecule has 0 N–H and O–H groups in total. The molecule has 0 spiro atoms. The zero-order valence-electron chi connectivity index (χ0n) is 13.3. The fourth-order valence-corrected chi connectivity index (χ4v) is 4.27. The van der Waals surface area contributed by atoms with E-state index in [2.05, 4.69) is 0 Å². The molecule has 1 nitrogen and oxygen atoms in total. The molecule has 0 heterocycles. The minimum atomic E-state index is -2.76. The highest BCUT2D eigenvalue weighted by atomic mass is 31.2. The molecule has 3 aromatic rings. The summed E-state index contributed by atoms with van der Waals surface area (Å²) >= 11 is 0. The third-order valence-electron chi connectivity index (χ3n) is 3.74. The Balaban J connectivity index is 1.97. The first-order valence-corrected chi connectivity index (χ1v) is 9.74. The summed E-state index contributed by atoms with van der Waals surface area (Å²) < 4.78 is 13.6. The second kappa shape index (κ2) is 7.77. The van der Waals surface area contributed by atoms with Gasteiger partial charge in [-0.3, -0.25) is 0 Å². The molecular weight excluding hydrogens is 311 g/mol. The maximum atomic E-state index is 13.6. The van der Waals surface area contributed by atoms with Gasteiger partial charge in [-0.05, 0) is 22.8 Å². The summed E-state index contributed by atoms with van der Waals surface area (Å²) in [5, 5.41) is 0.837. The summed E-state index contributed by atoms with van der Waals surface area (Å²) in [4.78, 5) is 0. The van der Waals surface area contributed by atoms with Crippen LogP contribution in [0.15, 0.2) is 103 Å². The molecule has 0 aliphatic rings. The van der Waals surface area contributed by atoms with Crippen LogP contribution in [-0.4, -0.2) is 0 Å². The third-order valence-corrected chi connectivity index (χ3v) is 6.03. The highest BCUT2D eigenvalue weighted by Crippen LogP contribution is 2.48. The maximum absolute atomic E-state index is 13.6. The quantitative estimate of drug-likeness (QED) is 0.523. The van der Waals surface area contributed by atoms with Crippen molar-refractivity contribution in [2.24, 2.45) is 0 Å². The molecule has 0 radical (unpaired) electrons. The van der Waals surface area contributed by atoms with Gasteiger partial charge in [-0.15, -0.1) is 0 Å². The molecule has 24 heavy (non-hydrogen) atoms. The minimum absolute atomic E-state index is 0.837. The molecule has 0 atom stereocenters. The lowest BCUT2D eigenvalue weighted by molar-refractivity contribution is 0.592. The van der Waals surface area contributed by atoms with Crippen molar-refractivity contribution >= 4 is 24.6 Å². The van der Waals surface area contributed by atoms with Crippen LogP contribution in [-0.2, 0) is 4.57 Å². The summed E-state index contributed by atoms with van der Waals surface area (Å²) in [5.74, 6) is 3.66. The number of rotatable bonds is 5. The molecule has 0 bridgehead atoms. The van der Waals surface area contributed by atoms with Gasteiger partial charge in [0.15, 0.2) is 7.14 Å². The van der Waals surface area contributed by atoms with Crippen molar-refractivity contribution in [2.45, 2.75) is 0 Å². The zero-order chi connectivity index (χ0) is 16.7. The second-order valence-corrected chi connectivity index (χ2v) is 8.03. The minimum Gasteiger partial charge on any atom is -0.310 e. The van der Waals surface area contributed by atoms with Crippen molar-refractivity contribution in [1.82, 2.24) is 0 Å². The first-order valence-electron chi connectivity index (χ1n) is 7.90. The van der Waals surface area contributed by atoms with Crippen LogP contribution in [0.5, 0.6) is 0 Å². The van der Waals surface area contributed by atoms with Crippen molar-refractivity contribution in [1.29, 1.82) is 0 Å². The van der Waals surface area contributed by atoms with Crippen LogP contribution in [0, 0.1) is 0 Å². The van der Waals surface area contributed by atoms with Gasteiger partial charge in [0.05, 0.1) is 0 Å². The molecule has 0 saturated carbocycles. The molecule has 0 fully saturated rings.